The van der Waals surface area contributed by atoms with Crippen LogP contribution in [0.15, 0.2) is 47.4 Å². The monoisotopic (exact) mass is 390 g/mol. The Labute approximate surface area is 145 Å². The molecule has 0 bridgehead atoms. The highest BCUT2D eigenvalue weighted by molar-refractivity contribution is 7.91. The highest BCUT2D eigenvalue weighted by atomic mass is 35.5. The number of carbonyl (C=O) groups excluding carboxylic acids is 1. The van der Waals surface area contributed by atoms with E-state index in [0.29, 0.717) is 0 Å². The molecule has 0 heterocycles. The zero-order chi connectivity index (χ0) is 18.8. The number of non-ortho nitro benzene ring substituents is 1. The second-order valence-corrected chi connectivity index (χ2v) is 6.97. The van der Waals surface area contributed by atoms with E-state index in [1.165, 1.54) is 12.1 Å². The Kier molecular flexibility index (Phi) is 5.33. The van der Waals surface area contributed by atoms with Crippen molar-refractivity contribution in [3.8, 4) is 0 Å². The number of nitro groups is 1. The van der Waals surface area contributed by atoms with Gasteiger partial charge in [0.1, 0.15) is 0 Å². The van der Waals surface area contributed by atoms with Crippen molar-refractivity contribution in [3.05, 3.63) is 63.2 Å². The van der Waals surface area contributed by atoms with Gasteiger partial charge in [0.2, 0.25) is 9.84 Å². The van der Waals surface area contributed by atoms with Crippen LogP contribution in [0.1, 0.15) is 10.4 Å². The molecular weight excluding hydrogens is 382 g/mol. The molecule has 1 N–H and O–H groups in total. The summed E-state index contributed by atoms with van der Waals surface area (Å²) in [5.41, 5.74) is -0.888. The molecule has 0 spiro atoms. The van der Waals surface area contributed by atoms with Crippen molar-refractivity contribution in [2.24, 2.45) is 0 Å². The molecule has 0 unspecified atom stereocenters. The van der Waals surface area contributed by atoms with Crippen LogP contribution < -0.4 is 5.32 Å². The lowest BCUT2D eigenvalue weighted by Gasteiger charge is -2.11. The number of sulfone groups is 1. The van der Waals surface area contributed by atoms with E-state index in [1.54, 1.807) is 0 Å². The number of halogens is 3. The van der Waals surface area contributed by atoms with Crippen molar-refractivity contribution in [2.75, 3.05) is 5.32 Å². The lowest BCUT2D eigenvalue weighted by atomic mass is 10.2. The molecular formula is C14H9ClF2N2O5S. The zero-order valence-electron chi connectivity index (χ0n) is 12.1. The highest BCUT2D eigenvalue weighted by Gasteiger charge is 2.29. The minimum atomic E-state index is -4.93. The van der Waals surface area contributed by atoms with E-state index in [4.69, 9.17) is 11.6 Å². The van der Waals surface area contributed by atoms with Gasteiger partial charge in [0, 0.05) is 12.1 Å². The Balaban J connectivity index is 2.39. The van der Waals surface area contributed by atoms with Crippen LogP contribution in [0.3, 0.4) is 0 Å². The molecule has 0 saturated heterocycles. The average Bonchev–Trinajstić information content (AvgIpc) is 2.54. The maximum Gasteiger partial charge on any atom is 0.341 e. The first kappa shape index (κ1) is 18.7. The van der Waals surface area contributed by atoms with Crippen molar-refractivity contribution in [1.82, 2.24) is 0 Å². The normalized spacial score (nSPS) is 11.4. The molecule has 25 heavy (non-hydrogen) atoms. The fourth-order valence-corrected chi connectivity index (χ4v) is 3.05. The lowest BCUT2D eigenvalue weighted by molar-refractivity contribution is -0.384. The molecule has 11 heteroatoms. The van der Waals surface area contributed by atoms with Gasteiger partial charge >= 0.3 is 5.76 Å². The number of para-hydroxylation sites is 1. The smallest absolute Gasteiger partial charge is 0.321 e. The molecule has 7 nitrogen and oxygen atoms in total. The van der Waals surface area contributed by atoms with Gasteiger partial charge in [0.25, 0.3) is 11.6 Å². The third kappa shape index (κ3) is 3.91. The lowest BCUT2D eigenvalue weighted by Crippen LogP contribution is -2.18. The van der Waals surface area contributed by atoms with Crippen LogP contribution >= 0.6 is 11.6 Å². The molecule has 0 aromatic heterocycles. The molecule has 0 fully saturated rings. The number of nitro benzene ring substituents is 1. The van der Waals surface area contributed by atoms with Crippen molar-refractivity contribution < 1.29 is 26.9 Å². The predicted molar refractivity (Wildman–Crippen MR) is 85.7 cm³/mol. The number of anilines is 1. The van der Waals surface area contributed by atoms with Gasteiger partial charge in [-0.05, 0) is 18.2 Å². The Morgan fingerprint density at radius 3 is 2.40 bits per heavy atom. The number of nitrogens with one attached hydrogen (secondary N) is 1. The van der Waals surface area contributed by atoms with E-state index in [9.17, 15) is 32.1 Å². The first-order valence-electron chi connectivity index (χ1n) is 6.51. The summed E-state index contributed by atoms with van der Waals surface area (Å²) in [5, 5.41) is 12.6. The molecule has 0 aliphatic rings. The topological polar surface area (TPSA) is 106 Å². The van der Waals surface area contributed by atoms with Gasteiger partial charge in [-0.1, -0.05) is 23.7 Å². The molecule has 2 aromatic carbocycles. The number of rotatable bonds is 5. The third-order valence-electron chi connectivity index (χ3n) is 3.08. The summed E-state index contributed by atoms with van der Waals surface area (Å²) in [6, 6.07) is 7.67. The van der Waals surface area contributed by atoms with Crippen LogP contribution in [-0.4, -0.2) is 25.0 Å². The molecule has 0 aliphatic carbocycles. The fourth-order valence-electron chi connectivity index (χ4n) is 1.91. The van der Waals surface area contributed by atoms with Gasteiger partial charge < -0.3 is 5.32 Å². The average molecular weight is 391 g/mol. The van der Waals surface area contributed by atoms with Crippen molar-refractivity contribution in [1.29, 1.82) is 0 Å². The van der Waals surface area contributed by atoms with Crippen LogP contribution in [0, 0.1) is 10.1 Å². The van der Waals surface area contributed by atoms with Gasteiger partial charge in [-0.3, -0.25) is 14.9 Å². The van der Waals surface area contributed by atoms with E-state index in [2.05, 4.69) is 5.32 Å². The van der Waals surface area contributed by atoms with Crippen LogP contribution in [0.4, 0.5) is 20.2 Å². The van der Waals surface area contributed by atoms with E-state index in [1.807, 2.05) is 0 Å². The van der Waals surface area contributed by atoms with E-state index < -0.39 is 31.3 Å². The summed E-state index contributed by atoms with van der Waals surface area (Å²) in [4.78, 5) is 21.4. The Bertz CT molecular complexity index is 950. The van der Waals surface area contributed by atoms with E-state index in [-0.39, 0.29) is 22.0 Å². The summed E-state index contributed by atoms with van der Waals surface area (Å²) in [6.45, 7) is 0. The van der Waals surface area contributed by atoms with Crippen molar-refractivity contribution in [3.63, 3.8) is 0 Å². The van der Waals surface area contributed by atoms with Gasteiger partial charge in [0.05, 0.1) is 26.1 Å². The third-order valence-corrected chi connectivity index (χ3v) is 4.84. The SMILES string of the molecule is O=C(Nc1ccccc1S(=O)(=O)C(F)F)c1ccc([N+](=O)[O-])cc1Cl. The predicted octanol–water partition coefficient (Wildman–Crippen LogP) is 3.50. The number of alkyl halides is 2. The van der Waals surface area contributed by atoms with E-state index >= 15 is 0 Å². The number of amides is 1. The van der Waals surface area contributed by atoms with Crippen LogP contribution in [-0.2, 0) is 9.84 Å². The van der Waals surface area contributed by atoms with Crippen LogP contribution in [0.5, 0.6) is 0 Å². The first-order valence-corrected chi connectivity index (χ1v) is 8.43. The second kappa shape index (κ2) is 7.11. The van der Waals surface area contributed by atoms with E-state index in [0.717, 1.165) is 30.3 Å². The standard InChI is InChI=1S/C14H9ClF2N2O5S/c15-10-7-8(19(21)22)5-6-9(10)13(20)18-11-3-1-2-4-12(11)25(23,24)14(16)17/h1-7,14H,(H,18,20). The molecule has 0 atom stereocenters. The van der Waals surface area contributed by atoms with Crippen LogP contribution in [0.2, 0.25) is 5.02 Å². The number of hydrogen-bond acceptors (Lipinski definition) is 5. The van der Waals surface area contributed by atoms with Crippen LogP contribution in [0.25, 0.3) is 0 Å². The number of hydrogen-bond donors (Lipinski definition) is 1. The summed E-state index contributed by atoms with van der Waals surface area (Å²) in [6.07, 6.45) is 0. The molecule has 2 rings (SSSR count). The van der Waals surface area contributed by atoms with Crippen molar-refractivity contribution >= 4 is 38.7 Å². The molecule has 0 aliphatic heterocycles. The quantitative estimate of drug-likeness (QED) is 0.621. The molecule has 0 saturated carbocycles. The number of nitrogens with zero attached hydrogens (tertiary/aromatic N) is 1. The minimum Gasteiger partial charge on any atom is -0.321 e. The molecule has 0 radical (unpaired) electrons. The maximum atomic E-state index is 12.7. The zero-order valence-corrected chi connectivity index (χ0v) is 13.7. The maximum absolute atomic E-state index is 12.7. The highest BCUT2D eigenvalue weighted by Crippen LogP contribution is 2.28. The fraction of sp³-hybridized carbons (Fsp3) is 0.0714. The van der Waals surface area contributed by atoms with Gasteiger partial charge in [-0.25, -0.2) is 8.42 Å². The summed E-state index contributed by atoms with van der Waals surface area (Å²) >= 11 is 5.81. The van der Waals surface area contributed by atoms with Gasteiger partial charge in [-0.2, -0.15) is 8.78 Å². The largest absolute Gasteiger partial charge is 0.341 e. The Morgan fingerprint density at radius 1 is 1.20 bits per heavy atom. The first-order chi connectivity index (χ1) is 11.6. The summed E-state index contributed by atoms with van der Waals surface area (Å²) in [5.74, 6) is -4.56. The van der Waals surface area contributed by atoms with Gasteiger partial charge in [-0.15, -0.1) is 0 Å². The Morgan fingerprint density at radius 2 is 1.84 bits per heavy atom. The summed E-state index contributed by atoms with van der Waals surface area (Å²) in [7, 11) is -4.93. The number of carbonyl (C=O) groups is 1. The van der Waals surface area contributed by atoms with Gasteiger partial charge in [0.15, 0.2) is 0 Å². The Hall–Kier alpha value is -2.59. The molecule has 132 valence electrons. The molecule has 1 amide bonds. The molecule has 2 aromatic rings. The number of benzene rings is 2. The van der Waals surface area contributed by atoms with Crippen molar-refractivity contribution in [2.45, 2.75) is 10.7 Å². The summed E-state index contributed by atoms with van der Waals surface area (Å²) < 4.78 is 48.8. The minimum absolute atomic E-state index is 0.184. The second-order valence-electron chi connectivity index (χ2n) is 4.68.